The Kier molecular flexibility index (Phi) is 7.05. The lowest BCUT2D eigenvalue weighted by Crippen LogP contribution is -2.32. The molecule has 8 nitrogen and oxygen atoms in total. The van der Waals surface area contributed by atoms with Crippen molar-refractivity contribution in [2.45, 2.75) is 44.6 Å². The highest BCUT2D eigenvalue weighted by molar-refractivity contribution is 5.80. The first-order valence-corrected chi connectivity index (χ1v) is 10.5. The minimum absolute atomic E-state index is 0.0376. The SMILES string of the molecule is COCCN1C[C@@H](c2cc(N(C)C)nc(CN(C)C(=O)C3CCCC3)n2)CC1=O. The van der Waals surface area contributed by atoms with E-state index in [1.807, 2.05) is 37.0 Å². The van der Waals surface area contributed by atoms with Crippen LogP contribution in [0.1, 0.15) is 49.5 Å². The zero-order valence-corrected chi connectivity index (χ0v) is 18.1. The van der Waals surface area contributed by atoms with Gasteiger partial charge in [-0.05, 0) is 12.8 Å². The minimum atomic E-state index is 0.0376. The van der Waals surface area contributed by atoms with Crippen LogP contribution in [0, 0.1) is 5.92 Å². The van der Waals surface area contributed by atoms with Crippen molar-refractivity contribution in [3.8, 4) is 0 Å². The quantitative estimate of drug-likeness (QED) is 0.657. The summed E-state index contributed by atoms with van der Waals surface area (Å²) in [6.07, 6.45) is 4.68. The topological polar surface area (TPSA) is 78.9 Å². The van der Waals surface area contributed by atoms with E-state index in [0.29, 0.717) is 38.5 Å². The van der Waals surface area contributed by atoms with E-state index in [1.165, 1.54) is 0 Å². The fraction of sp³-hybridized carbons (Fsp3) is 0.714. The van der Waals surface area contributed by atoms with Crippen LogP contribution in [0.25, 0.3) is 0 Å². The van der Waals surface area contributed by atoms with E-state index in [4.69, 9.17) is 9.72 Å². The van der Waals surface area contributed by atoms with E-state index in [0.717, 1.165) is 37.2 Å². The summed E-state index contributed by atoms with van der Waals surface area (Å²) in [4.78, 5) is 40.0. The summed E-state index contributed by atoms with van der Waals surface area (Å²) in [7, 11) is 7.35. The van der Waals surface area contributed by atoms with Crippen molar-refractivity contribution in [2.75, 3.05) is 52.8 Å². The molecular formula is C21H33N5O3. The first kappa shape index (κ1) is 21.5. The summed E-state index contributed by atoms with van der Waals surface area (Å²) in [6, 6.07) is 1.96. The lowest BCUT2D eigenvalue weighted by Gasteiger charge is -2.22. The second kappa shape index (κ2) is 9.52. The van der Waals surface area contributed by atoms with Crippen molar-refractivity contribution >= 4 is 17.6 Å². The van der Waals surface area contributed by atoms with Gasteiger partial charge in [0.2, 0.25) is 11.8 Å². The summed E-state index contributed by atoms with van der Waals surface area (Å²) in [6.45, 7) is 2.16. The number of aromatic nitrogens is 2. The molecule has 0 unspecified atom stereocenters. The molecule has 1 aromatic heterocycles. The molecule has 2 amide bonds. The number of rotatable bonds is 8. The molecule has 2 fully saturated rings. The number of carbonyl (C=O) groups is 2. The lowest BCUT2D eigenvalue weighted by atomic mass is 10.0. The van der Waals surface area contributed by atoms with Gasteiger partial charge in [-0.15, -0.1) is 0 Å². The van der Waals surface area contributed by atoms with E-state index < -0.39 is 0 Å². The van der Waals surface area contributed by atoms with Crippen LogP contribution in [0.4, 0.5) is 5.82 Å². The minimum Gasteiger partial charge on any atom is -0.383 e. The van der Waals surface area contributed by atoms with Crippen LogP contribution in [-0.4, -0.2) is 79.5 Å². The van der Waals surface area contributed by atoms with E-state index in [1.54, 1.807) is 12.0 Å². The summed E-state index contributed by atoms with van der Waals surface area (Å²) in [5, 5.41) is 0. The Morgan fingerprint density at radius 1 is 1.24 bits per heavy atom. The first-order valence-electron chi connectivity index (χ1n) is 10.5. The highest BCUT2D eigenvalue weighted by Crippen LogP contribution is 2.29. The summed E-state index contributed by atoms with van der Waals surface area (Å²) >= 11 is 0. The number of nitrogens with zero attached hydrogens (tertiary/aromatic N) is 5. The molecule has 0 spiro atoms. The summed E-state index contributed by atoms with van der Waals surface area (Å²) < 4.78 is 5.11. The fourth-order valence-electron chi connectivity index (χ4n) is 4.17. The van der Waals surface area contributed by atoms with E-state index in [2.05, 4.69) is 4.98 Å². The third-order valence-corrected chi connectivity index (χ3v) is 5.89. The highest BCUT2D eigenvalue weighted by atomic mass is 16.5. The number of methoxy groups -OCH3 is 1. The average Bonchev–Trinajstić information content (AvgIpc) is 3.35. The second-order valence-electron chi connectivity index (χ2n) is 8.37. The maximum absolute atomic E-state index is 12.7. The zero-order valence-electron chi connectivity index (χ0n) is 18.1. The largest absolute Gasteiger partial charge is 0.383 e. The summed E-state index contributed by atoms with van der Waals surface area (Å²) in [5.74, 6) is 1.92. The first-order chi connectivity index (χ1) is 13.9. The zero-order chi connectivity index (χ0) is 21.0. The van der Waals surface area contributed by atoms with Crippen LogP contribution in [0.5, 0.6) is 0 Å². The van der Waals surface area contributed by atoms with Gasteiger partial charge in [0.1, 0.15) is 11.6 Å². The van der Waals surface area contributed by atoms with Crippen LogP contribution in [0.2, 0.25) is 0 Å². The number of ether oxygens (including phenoxy) is 1. The molecule has 2 heterocycles. The van der Waals surface area contributed by atoms with Crippen molar-refractivity contribution in [1.82, 2.24) is 19.8 Å². The van der Waals surface area contributed by atoms with Gasteiger partial charge in [-0.2, -0.15) is 0 Å². The molecule has 3 rings (SSSR count). The maximum atomic E-state index is 12.7. The monoisotopic (exact) mass is 403 g/mol. The van der Waals surface area contributed by atoms with Gasteiger partial charge >= 0.3 is 0 Å². The van der Waals surface area contributed by atoms with E-state index in [9.17, 15) is 9.59 Å². The Bertz CT molecular complexity index is 733. The van der Waals surface area contributed by atoms with E-state index >= 15 is 0 Å². The normalized spacial score (nSPS) is 19.8. The Balaban J connectivity index is 1.75. The van der Waals surface area contributed by atoms with Crippen LogP contribution in [-0.2, 0) is 20.9 Å². The van der Waals surface area contributed by atoms with Crippen LogP contribution in [0.15, 0.2) is 6.07 Å². The Hall–Kier alpha value is -2.22. The van der Waals surface area contributed by atoms with Crippen molar-refractivity contribution in [3.05, 3.63) is 17.6 Å². The van der Waals surface area contributed by atoms with Gasteiger partial charge in [0.15, 0.2) is 0 Å². The van der Waals surface area contributed by atoms with Crippen molar-refractivity contribution in [1.29, 1.82) is 0 Å². The Morgan fingerprint density at radius 2 is 1.97 bits per heavy atom. The van der Waals surface area contributed by atoms with Crippen LogP contribution < -0.4 is 4.90 Å². The number of amides is 2. The third-order valence-electron chi connectivity index (χ3n) is 5.89. The van der Waals surface area contributed by atoms with Gasteiger partial charge in [-0.3, -0.25) is 9.59 Å². The summed E-state index contributed by atoms with van der Waals surface area (Å²) in [5.41, 5.74) is 0.869. The Morgan fingerprint density at radius 3 is 2.62 bits per heavy atom. The number of likely N-dealkylation sites (tertiary alicyclic amines) is 1. The number of anilines is 1. The van der Waals surface area contributed by atoms with Gasteiger partial charge in [0.05, 0.1) is 18.8 Å². The standard InChI is InChI=1S/C21H33N5O3/c1-24(2)19-12-17(16-11-20(27)26(13-16)9-10-29-4)22-18(23-19)14-25(3)21(28)15-7-5-6-8-15/h12,15-16H,5-11,13-14H2,1-4H3/t16-/m0/s1. The molecule has 0 radical (unpaired) electrons. The van der Waals surface area contributed by atoms with Crippen LogP contribution in [0.3, 0.4) is 0 Å². The van der Waals surface area contributed by atoms with Gasteiger partial charge in [0, 0.05) is 65.7 Å². The predicted octanol–water partition coefficient (Wildman–Crippen LogP) is 1.65. The molecule has 8 heteroatoms. The fourth-order valence-corrected chi connectivity index (χ4v) is 4.17. The van der Waals surface area contributed by atoms with Gasteiger partial charge in [0.25, 0.3) is 0 Å². The molecule has 1 saturated carbocycles. The average molecular weight is 404 g/mol. The third kappa shape index (κ3) is 5.23. The van der Waals surface area contributed by atoms with Crippen molar-refractivity contribution in [3.63, 3.8) is 0 Å². The molecule has 1 saturated heterocycles. The maximum Gasteiger partial charge on any atom is 0.225 e. The molecule has 1 aromatic rings. The number of hydrogen-bond acceptors (Lipinski definition) is 6. The molecule has 0 aromatic carbocycles. The van der Waals surface area contributed by atoms with Gasteiger partial charge < -0.3 is 19.4 Å². The molecule has 29 heavy (non-hydrogen) atoms. The molecule has 160 valence electrons. The molecule has 0 bridgehead atoms. The second-order valence-corrected chi connectivity index (χ2v) is 8.37. The number of carbonyl (C=O) groups excluding carboxylic acids is 2. The molecule has 1 aliphatic heterocycles. The highest BCUT2D eigenvalue weighted by Gasteiger charge is 2.32. The molecule has 0 N–H and O–H groups in total. The molecule has 1 atom stereocenters. The van der Waals surface area contributed by atoms with Crippen molar-refractivity contribution in [2.24, 2.45) is 5.92 Å². The molecular weight excluding hydrogens is 370 g/mol. The van der Waals surface area contributed by atoms with Crippen molar-refractivity contribution < 1.29 is 14.3 Å². The Labute approximate surface area is 173 Å². The molecule has 1 aliphatic carbocycles. The lowest BCUT2D eigenvalue weighted by molar-refractivity contribution is -0.134. The predicted molar refractivity (Wildman–Crippen MR) is 111 cm³/mol. The van der Waals surface area contributed by atoms with Crippen LogP contribution >= 0.6 is 0 Å². The number of hydrogen-bond donors (Lipinski definition) is 0. The molecule has 2 aliphatic rings. The smallest absolute Gasteiger partial charge is 0.225 e. The van der Waals surface area contributed by atoms with Gasteiger partial charge in [-0.25, -0.2) is 9.97 Å². The van der Waals surface area contributed by atoms with E-state index in [-0.39, 0.29) is 23.7 Å². The van der Waals surface area contributed by atoms with Gasteiger partial charge in [-0.1, -0.05) is 12.8 Å².